The number of halogens is 3. The highest BCUT2D eigenvalue weighted by atomic mass is 19.4. The molecular weight excluding hydrogens is 257 g/mol. The second kappa shape index (κ2) is 7.24. The third kappa shape index (κ3) is 6.34. The summed E-state index contributed by atoms with van der Waals surface area (Å²) < 4.78 is 36.7. The third-order valence-electron chi connectivity index (χ3n) is 2.91. The van der Waals surface area contributed by atoms with Gasteiger partial charge in [-0.1, -0.05) is 5.92 Å². The lowest BCUT2D eigenvalue weighted by atomic mass is 10.1. The maximum Gasteiger partial charge on any atom is 0.401 e. The van der Waals surface area contributed by atoms with E-state index in [0.717, 1.165) is 6.42 Å². The maximum absolute atomic E-state index is 12.2. The molecule has 0 amide bonds. The number of aliphatic imine (C=N–C) groups is 1. The summed E-state index contributed by atoms with van der Waals surface area (Å²) in [6.07, 6.45) is 1.76. The quantitative estimate of drug-likeness (QED) is 0.450. The first-order valence-electron chi connectivity index (χ1n) is 6.11. The van der Waals surface area contributed by atoms with Crippen molar-refractivity contribution in [2.24, 2.45) is 10.9 Å². The van der Waals surface area contributed by atoms with Crippen molar-refractivity contribution < 1.29 is 13.2 Å². The van der Waals surface area contributed by atoms with Gasteiger partial charge in [-0.25, -0.2) is 0 Å². The zero-order valence-electron chi connectivity index (χ0n) is 10.9. The van der Waals surface area contributed by atoms with Crippen molar-refractivity contribution in [1.82, 2.24) is 15.5 Å². The van der Waals surface area contributed by atoms with E-state index in [1.807, 2.05) is 0 Å². The Morgan fingerprint density at radius 1 is 1.47 bits per heavy atom. The van der Waals surface area contributed by atoms with E-state index in [-0.39, 0.29) is 5.92 Å². The second-order valence-corrected chi connectivity index (χ2v) is 4.52. The van der Waals surface area contributed by atoms with Gasteiger partial charge in [0.1, 0.15) is 0 Å². The number of nitrogens with one attached hydrogen (secondary N) is 2. The summed E-state index contributed by atoms with van der Waals surface area (Å²) in [7, 11) is 1.62. The number of hydrogen-bond acceptors (Lipinski definition) is 2. The van der Waals surface area contributed by atoms with Crippen LogP contribution in [0.25, 0.3) is 0 Å². The molecule has 1 heterocycles. The van der Waals surface area contributed by atoms with Crippen LogP contribution < -0.4 is 10.6 Å². The summed E-state index contributed by atoms with van der Waals surface area (Å²) in [5.41, 5.74) is 0. The van der Waals surface area contributed by atoms with Gasteiger partial charge in [-0.05, 0) is 18.9 Å². The van der Waals surface area contributed by atoms with Crippen LogP contribution >= 0.6 is 0 Å². The molecule has 108 valence electrons. The summed E-state index contributed by atoms with van der Waals surface area (Å²) in [6.45, 7) is 1.08. The minimum atomic E-state index is -4.12. The third-order valence-corrected chi connectivity index (χ3v) is 2.91. The van der Waals surface area contributed by atoms with Gasteiger partial charge in [-0.3, -0.25) is 9.89 Å². The van der Waals surface area contributed by atoms with Crippen LogP contribution in [0.15, 0.2) is 4.99 Å². The Kier molecular flexibility index (Phi) is 5.96. The van der Waals surface area contributed by atoms with E-state index in [1.165, 1.54) is 4.90 Å². The SMILES string of the molecule is C#CCNC(=NC)NCC1CCN(CC(F)(F)F)C1. The molecule has 1 unspecified atom stereocenters. The van der Waals surface area contributed by atoms with Crippen molar-refractivity contribution in [3.63, 3.8) is 0 Å². The molecule has 0 radical (unpaired) electrons. The molecule has 1 aliphatic rings. The Morgan fingerprint density at radius 2 is 2.21 bits per heavy atom. The predicted octanol–water partition coefficient (Wildman–Crippen LogP) is 0.669. The minimum Gasteiger partial charge on any atom is -0.356 e. The van der Waals surface area contributed by atoms with E-state index in [2.05, 4.69) is 21.5 Å². The fourth-order valence-corrected chi connectivity index (χ4v) is 2.07. The topological polar surface area (TPSA) is 39.7 Å². The molecule has 1 aliphatic heterocycles. The summed E-state index contributed by atoms with van der Waals surface area (Å²) in [6, 6.07) is 0. The minimum absolute atomic E-state index is 0.201. The molecule has 19 heavy (non-hydrogen) atoms. The molecule has 2 N–H and O–H groups in total. The average Bonchev–Trinajstić information content (AvgIpc) is 2.74. The van der Waals surface area contributed by atoms with Gasteiger partial charge in [0.25, 0.3) is 0 Å². The molecule has 0 aromatic heterocycles. The van der Waals surface area contributed by atoms with Crippen LogP contribution in [0.4, 0.5) is 13.2 Å². The highest BCUT2D eigenvalue weighted by Crippen LogP contribution is 2.22. The van der Waals surface area contributed by atoms with Crippen LogP contribution in [0.5, 0.6) is 0 Å². The number of rotatable bonds is 4. The van der Waals surface area contributed by atoms with Crippen molar-refractivity contribution >= 4 is 5.96 Å². The van der Waals surface area contributed by atoms with Gasteiger partial charge in [0, 0.05) is 20.1 Å². The Bertz CT molecular complexity index is 346. The first kappa shape index (κ1) is 15.6. The van der Waals surface area contributed by atoms with Gasteiger partial charge < -0.3 is 10.6 Å². The normalized spacial score (nSPS) is 21.2. The van der Waals surface area contributed by atoms with Gasteiger partial charge in [0.15, 0.2) is 5.96 Å². The molecular formula is C12H19F3N4. The zero-order chi connectivity index (χ0) is 14.3. The molecule has 0 spiro atoms. The lowest BCUT2D eigenvalue weighted by Crippen LogP contribution is -2.40. The van der Waals surface area contributed by atoms with Crippen LogP contribution in [0.3, 0.4) is 0 Å². The standard InChI is InChI=1S/C12H19F3N4/c1-3-5-17-11(16-2)18-7-10-4-6-19(8-10)9-12(13,14)15/h1,10H,4-9H2,2H3,(H2,16,17,18). The van der Waals surface area contributed by atoms with Crippen molar-refractivity contribution in [2.75, 3.05) is 39.8 Å². The van der Waals surface area contributed by atoms with Crippen molar-refractivity contribution in [3.05, 3.63) is 0 Å². The smallest absolute Gasteiger partial charge is 0.356 e. The van der Waals surface area contributed by atoms with E-state index < -0.39 is 12.7 Å². The van der Waals surface area contributed by atoms with Crippen LogP contribution in [0, 0.1) is 18.3 Å². The molecule has 4 nitrogen and oxygen atoms in total. The summed E-state index contributed by atoms with van der Waals surface area (Å²) in [5, 5.41) is 5.97. The van der Waals surface area contributed by atoms with E-state index in [9.17, 15) is 13.2 Å². The molecule has 1 saturated heterocycles. The average molecular weight is 276 g/mol. The van der Waals surface area contributed by atoms with Crippen LogP contribution in [-0.4, -0.2) is 56.8 Å². The predicted molar refractivity (Wildman–Crippen MR) is 68.8 cm³/mol. The number of hydrogen-bond donors (Lipinski definition) is 2. The van der Waals surface area contributed by atoms with E-state index in [0.29, 0.717) is 32.1 Å². The highest BCUT2D eigenvalue weighted by molar-refractivity contribution is 5.79. The van der Waals surface area contributed by atoms with Crippen LogP contribution in [0.2, 0.25) is 0 Å². The zero-order valence-corrected chi connectivity index (χ0v) is 10.9. The van der Waals surface area contributed by atoms with Crippen molar-refractivity contribution in [3.8, 4) is 12.3 Å². The Morgan fingerprint density at radius 3 is 2.79 bits per heavy atom. The van der Waals surface area contributed by atoms with Gasteiger partial charge in [0.05, 0.1) is 13.1 Å². The fourth-order valence-electron chi connectivity index (χ4n) is 2.07. The molecule has 1 rings (SSSR count). The number of nitrogens with zero attached hydrogens (tertiary/aromatic N) is 2. The van der Waals surface area contributed by atoms with E-state index in [4.69, 9.17) is 6.42 Å². The Labute approximate surface area is 111 Å². The molecule has 0 aliphatic carbocycles. The van der Waals surface area contributed by atoms with Gasteiger partial charge in [-0.15, -0.1) is 6.42 Å². The number of likely N-dealkylation sites (tertiary alicyclic amines) is 1. The van der Waals surface area contributed by atoms with Crippen LogP contribution in [-0.2, 0) is 0 Å². The summed E-state index contributed by atoms with van der Waals surface area (Å²) >= 11 is 0. The second-order valence-electron chi connectivity index (χ2n) is 4.52. The van der Waals surface area contributed by atoms with Crippen LogP contribution in [0.1, 0.15) is 6.42 Å². The fraction of sp³-hybridized carbons (Fsp3) is 0.750. The number of terminal acetylenes is 1. The van der Waals surface area contributed by atoms with Crippen molar-refractivity contribution in [2.45, 2.75) is 12.6 Å². The lowest BCUT2D eigenvalue weighted by molar-refractivity contribution is -0.143. The Balaban J connectivity index is 2.27. The first-order valence-corrected chi connectivity index (χ1v) is 6.11. The molecule has 7 heteroatoms. The molecule has 0 saturated carbocycles. The molecule has 0 aromatic carbocycles. The van der Waals surface area contributed by atoms with E-state index >= 15 is 0 Å². The molecule has 0 bridgehead atoms. The summed E-state index contributed by atoms with van der Waals surface area (Å²) in [4.78, 5) is 5.40. The highest BCUT2D eigenvalue weighted by Gasteiger charge is 2.34. The number of alkyl halides is 3. The van der Waals surface area contributed by atoms with Gasteiger partial charge in [-0.2, -0.15) is 13.2 Å². The number of guanidine groups is 1. The molecule has 0 aromatic rings. The lowest BCUT2D eigenvalue weighted by Gasteiger charge is -2.18. The largest absolute Gasteiger partial charge is 0.401 e. The van der Waals surface area contributed by atoms with Crippen molar-refractivity contribution in [1.29, 1.82) is 0 Å². The summed E-state index contributed by atoms with van der Waals surface area (Å²) in [5.74, 6) is 3.20. The van der Waals surface area contributed by atoms with E-state index in [1.54, 1.807) is 7.05 Å². The first-order chi connectivity index (χ1) is 8.94. The maximum atomic E-state index is 12.2. The van der Waals surface area contributed by atoms with Gasteiger partial charge in [0.2, 0.25) is 0 Å². The van der Waals surface area contributed by atoms with Gasteiger partial charge >= 0.3 is 6.18 Å². The monoisotopic (exact) mass is 276 g/mol. The molecule has 1 atom stereocenters. The Hall–Kier alpha value is -1.42. The molecule has 1 fully saturated rings.